The van der Waals surface area contributed by atoms with E-state index in [0.717, 1.165) is 26.2 Å². The Balaban J connectivity index is 1.87. The third-order valence-corrected chi connectivity index (χ3v) is 4.16. The Labute approximate surface area is 104 Å². The lowest BCUT2D eigenvalue weighted by Gasteiger charge is -2.40. The molecule has 4 heteroatoms. The summed E-state index contributed by atoms with van der Waals surface area (Å²) in [5.74, 6) is 0.312. The number of carbonyl (C=O) groups is 1. The minimum absolute atomic E-state index is 0.312. The van der Waals surface area contributed by atoms with Crippen molar-refractivity contribution >= 4 is 5.91 Å². The fourth-order valence-electron chi connectivity index (χ4n) is 2.96. The van der Waals surface area contributed by atoms with E-state index in [4.69, 9.17) is 0 Å². The Morgan fingerprint density at radius 3 is 2.35 bits per heavy atom. The second-order valence-corrected chi connectivity index (χ2v) is 5.43. The summed E-state index contributed by atoms with van der Waals surface area (Å²) < 4.78 is 0. The molecule has 1 N–H and O–H groups in total. The van der Waals surface area contributed by atoms with Crippen LogP contribution in [0.25, 0.3) is 0 Å². The molecule has 2 aliphatic rings. The smallest absolute Gasteiger partial charge is 0.236 e. The number of piperidine rings is 1. The molecular weight excluding hydrogens is 214 g/mol. The van der Waals surface area contributed by atoms with Gasteiger partial charge in [-0.1, -0.05) is 6.42 Å². The van der Waals surface area contributed by atoms with Gasteiger partial charge in [0.15, 0.2) is 0 Å². The maximum atomic E-state index is 12.2. The Bertz CT molecular complexity index is 253. The number of carbonyl (C=O) groups excluding carboxylic acids is 1. The van der Waals surface area contributed by atoms with Crippen LogP contribution in [-0.2, 0) is 4.79 Å². The molecule has 0 saturated carbocycles. The topological polar surface area (TPSA) is 35.6 Å². The van der Waals surface area contributed by atoms with Gasteiger partial charge in [-0.25, -0.2) is 0 Å². The fourth-order valence-corrected chi connectivity index (χ4v) is 2.96. The highest BCUT2D eigenvalue weighted by Crippen LogP contribution is 2.22. The van der Waals surface area contributed by atoms with E-state index in [9.17, 15) is 4.79 Å². The van der Waals surface area contributed by atoms with Gasteiger partial charge in [0.1, 0.15) is 0 Å². The van der Waals surface area contributed by atoms with Crippen LogP contribution >= 0.6 is 0 Å². The summed E-state index contributed by atoms with van der Waals surface area (Å²) in [5, 5.41) is 3.28. The van der Waals surface area contributed by atoms with E-state index >= 15 is 0 Å². The molecule has 0 aliphatic carbocycles. The fraction of sp³-hybridized carbons (Fsp3) is 0.923. The summed E-state index contributed by atoms with van der Waals surface area (Å²) in [7, 11) is 0. The first kappa shape index (κ1) is 12.8. The van der Waals surface area contributed by atoms with Crippen LogP contribution in [0.4, 0.5) is 0 Å². The van der Waals surface area contributed by atoms with Gasteiger partial charge in [-0.3, -0.25) is 9.69 Å². The first-order valence-electron chi connectivity index (χ1n) is 6.92. The summed E-state index contributed by atoms with van der Waals surface area (Å²) in [5.41, 5.74) is 0. The molecule has 2 heterocycles. The van der Waals surface area contributed by atoms with Crippen molar-refractivity contribution in [2.45, 2.75) is 45.2 Å². The van der Waals surface area contributed by atoms with E-state index in [2.05, 4.69) is 24.1 Å². The maximum Gasteiger partial charge on any atom is 0.236 e. The normalized spacial score (nSPS) is 31.5. The predicted octanol–water partition coefficient (Wildman–Crippen LogP) is 0.681. The third-order valence-electron chi connectivity index (χ3n) is 4.16. The quantitative estimate of drug-likeness (QED) is 0.770. The number of rotatable bonds is 2. The molecule has 0 aromatic rings. The van der Waals surface area contributed by atoms with Gasteiger partial charge in [0.25, 0.3) is 0 Å². The number of nitrogens with zero attached hydrogens (tertiary/aromatic N) is 2. The highest BCUT2D eigenvalue weighted by molar-refractivity contribution is 5.78. The van der Waals surface area contributed by atoms with Gasteiger partial charge in [0.2, 0.25) is 5.91 Å². The van der Waals surface area contributed by atoms with E-state index < -0.39 is 0 Å². The van der Waals surface area contributed by atoms with Crippen LogP contribution in [0.2, 0.25) is 0 Å². The number of hydrogen-bond acceptors (Lipinski definition) is 3. The van der Waals surface area contributed by atoms with Gasteiger partial charge >= 0.3 is 0 Å². The van der Waals surface area contributed by atoms with Gasteiger partial charge in [-0.15, -0.1) is 0 Å². The minimum atomic E-state index is 0.312. The van der Waals surface area contributed by atoms with Crippen LogP contribution in [0.15, 0.2) is 0 Å². The molecule has 0 bridgehead atoms. The zero-order valence-corrected chi connectivity index (χ0v) is 11.1. The van der Waals surface area contributed by atoms with Crippen molar-refractivity contribution in [2.75, 3.05) is 32.7 Å². The Morgan fingerprint density at radius 2 is 1.76 bits per heavy atom. The zero-order valence-electron chi connectivity index (χ0n) is 11.1. The molecule has 4 nitrogen and oxygen atoms in total. The molecule has 0 aromatic heterocycles. The Morgan fingerprint density at radius 1 is 1.18 bits per heavy atom. The molecule has 2 rings (SSSR count). The van der Waals surface area contributed by atoms with Crippen LogP contribution in [0, 0.1) is 0 Å². The molecule has 2 saturated heterocycles. The van der Waals surface area contributed by atoms with E-state index in [0.29, 0.717) is 24.5 Å². The van der Waals surface area contributed by atoms with Crippen LogP contribution in [0.1, 0.15) is 33.1 Å². The maximum absolute atomic E-state index is 12.2. The molecule has 0 radical (unpaired) electrons. The largest absolute Gasteiger partial charge is 0.339 e. The van der Waals surface area contributed by atoms with Crippen LogP contribution in [0.5, 0.6) is 0 Å². The molecule has 1 amide bonds. The number of hydrogen-bond donors (Lipinski definition) is 1. The molecule has 2 unspecified atom stereocenters. The van der Waals surface area contributed by atoms with Crippen molar-refractivity contribution in [1.82, 2.24) is 15.1 Å². The van der Waals surface area contributed by atoms with Crippen LogP contribution in [-0.4, -0.2) is 60.5 Å². The molecular formula is C13H25N3O. The Hall–Kier alpha value is -0.610. The molecule has 0 aromatic carbocycles. The van der Waals surface area contributed by atoms with E-state index in [1.807, 2.05) is 4.90 Å². The third kappa shape index (κ3) is 3.19. The average Bonchev–Trinajstić information content (AvgIpc) is 2.35. The van der Waals surface area contributed by atoms with Gasteiger partial charge in [0, 0.05) is 38.3 Å². The molecule has 2 aliphatic heterocycles. The lowest BCUT2D eigenvalue weighted by Crippen LogP contribution is -2.53. The summed E-state index contributed by atoms with van der Waals surface area (Å²) in [4.78, 5) is 16.6. The van der Waals surface area contributed by atoms with E-state index in [-0.39, 0.29) is 0 Å². The first-order valence-corrected chi connectivity index (χ1v) is 6.92. The summed E-state index contributed by atoms with van der Waals surface area (Å²) in [6, 6.07) is 1.12. The van der Waals surface area contributed by atoms with E-state index in [1.165, 1.54) is 19.3 Å². The molecule has 2 atom stereocenters. The van der Waals surface area contributed by atoms with Crippen molar-refractivity contribution < 1.29 is 4.79 Å². The van der Waals surface area contributed by atoms with Crippen molar-refractivity contribution in [3.05, 3.63) is 0 Å². The summed E-state index contributed by atoms with van der Waals surface area (Å²) in [6.45, 7) is 8.74. The average molecular weight is 239 g/mol. The monoisotopic (exact) mass is 239 g/mol. The molecule has 17 heavy (non-hydrogen) atoms. The number of likely N-dealkylation sites (tertiary alicyclic amines) is 1. The highest BCUT2D eigenvalue weighted by atomic mass is 16.2. The lowest BCUT2D eigenvalue weighted by molar-refractivity contribution is -0.134. The standard InChI is InChI=1S/C13H25N3O/c1-11-4-3-5-12(2)16(11)10-13(17)15-8-6-14-7-9-15/h11-12,14H,3-10H2,1-2H3. The number of nitrogens with one attached hydrogen (secondary N) is 1. The second kappa shape index (κ2) is 5.83. The van der Waals surface area contributed by atoms with Crippen molar-refractivity contribution in [3.8, 4) is 0 Å². The van der Waals surface area contributed by atoms with Crippen molar-refractivity contribution in [3.63, 3.8) is 0 Å². The predicted molar refractivity (Wildman–Crippen MR) is 68.9 cm³/mol. The lowest BCUT2D eigenvalue weighted by atomic mass is 9.97. The Kier molecular flexibility index (Phi) is 4.40. The summed E-state index contributed by atoms with van der Waals surface area (Å²) >= 11 is 0. The van der Waals surface area contributed by atoms with E-state index in [1.54, 1.807) is 0 Å². The molecule has 0 spiro atoms. The summed E-state index contributed by atoms with van der Waals surface area (Å²) in [6.07, 6.45) is 3.78. The van der Waals surface area contributed by atoms with Gasteiger partial charge < -0.3 is 10.2 Å². The highest BCUT2D eigenvalue weighted by Gasteiger charge is 2.28. The first-order chi connectivity index (χ1) is 8.18. The zero-order chi connectivity index (χ0) is 12.3. The SMILES string of the molecule is CC1CCCC(C)N1CC(=O)N1CCNCC1. The minimum Gasteiger partial charge on any atom is -0.339 e. The van der Waals surface area contributed by atoms with Crippen LogP contribution in [0.3, 0.4) is 0 Å². The molecule has 2 fully saturated rings. The van der Waals surface area contributed by atoms with Crippen LogP contribution < -0.4 is 5.32 Å². The van der Waals surface area contributed by atoms with Gasteiger partial charge in [-0.05, 0) is 26.7 Å². The number of piperazine rings is 1. The number of amides is 1. The van der Waals surface area contributed by atoms with Crippen molar-refractivity contribution in [1.29, 1.82) is 0 Å². The second-order valence-electron chi connectivity index (χ2n) is 5.43. The molecule has 98 valence electrons. The van der Waals surface area contributed by atoms with Gasteiger partial charge in [0.05, 0.1) is 6.54 Å². The van der Waals surface area contributed by atoms with Gasteiger partial charge in [-0.2, -0.15) is 0 Å². The van der Waals surface area contributed by atoms with Crippen molar-refractivity contribution in [2.24, 2.45) is 0 Å².